The second kappa shape index (κ2) is 14.5. The van der Waals surface area contributed by atoms with Gasteiger partial charge in [0.1, 0.15) is 17.7 Å². The Labute approximate surface area is 219 Å². The molecule has 0 aliphatic carbocycles. The van der Waals surface area contributed by atoms with Crippen LogP contribution >= 0.6 is 0 Å². The molecule has 37 heavy (non-hydrogen) atoms. The number of alkyl carbamates (subject to hydrolysis) is 1. The van der Waals surface area contributed by atoms with Gasteiger partial charge in [-0.1, -0.05) is 44.4 Å². The summed E-state index contributed by atoms with van der Waals surface area (Å²) < 4.78 is 10.2. The molecule has 2 unspecified atom stereocenters. The van der Waals surface area contributed by atoms with E-state index >= 15 is 0 Å². The summed E-state index contributed by atoms with van der Waals surface area (Å²) in [4.78, 5) is 52.2. The van der Waals surface area contributed by atoms with Crippen molar-refractivity contribution < 1.29 is 28.7 Å². The Morgan fingerprint density at radius 3 is 2.30 bits per heavy atom. The maximum Gasteiger partial charge on any atom is 0.408 e. The number of benzene rings is 1. The van der Waals surface area contributed by atoms with Crippen LogP contribution in [-0.2, 0) is 23.9 Å². The molecule has 1 rings (SSSR count). The molecule has 0 aliphatic heterocycles. The third-order valence-electron chi connectivity index (χ3n) is 4.92. The van der Waals surface area contributed by atoms with Gasteiger partial charge in [-0.3, -0.25) is 19.3 Å². The molecule has 0 fully saturated rings. The number of rotatable bonds is 11. The molecule has 0 heterocycles. The average molecular weight is 512 g/mol. The highest BCUT2D eigenvalue weighted by atomic mass is 16.6. The lowest BCUT2D eigenvalue weighted by Crippen LogP contribution is -2.52. The van der Waals surface area contributed by atoms with Crippen LogP contribution in [0, 0.1) is 30.7 Å². The fraction of sp³-hybridized carbons (Fsp3) is 0.500. The van der Waals surface area contributed by atoms with Crippen molar-refractivity contribution in [2.75, 3.05) is 13.2 Å². The van der Waals surface area contributed by atoms with Crippen LogP contribution in [0.3, 0.4) is 0 Å². The maximum atomic E-state index is 13.7. The number of hydrogen-bond acceptors (Lipinski definition) is 6. The molecular weight excluding hydrogens is 474 g/mol. The molecule has 0 spiro atoms. The third-order valence-corrected chi connectivity index (χ3v) is 4.92. The number of hydrogen-bond donors (Lipinski definition) is 2. The molecule has 1 aromatic rings. The van der Waals surface area contributed by atoms with Gasteiger partial charge in [-0.2, -0.15) is 0 Å². The SMILES string of the molecule is C#Cc1ccccc1C(C(=O)NCCC(=O)OCC)N(C#C)C(=O)C(CC(C)C)NC(=O)OC(C)(C)C. The lowest BCUT2D eigenvalue weighted by atomic mass is 9.96. The Morgan fingerprint density at radius 1 is 1.11 bits per heavy atom. The lowest BCUT2D eigenvalue weighted by Gasteiger charge is -2.31. The Bertz CT molecular complexity index is 1050. The van der Waals surface area contributed by atoms with Crippen LogP contribution in [0.1, 0.15) is 71.6 Å². The van der Waals surface area contributed by atoms with Crippen LogP contribution in [-0.4, -0.2) is 53.6 Å². The largest absolute Gasteiger partial charge is 0.466 e. The Morgan fingerprint density at radius 2 is 1.76 bits per heavy atom. The monoisotopic (exact) mass is 511 g/mol. The fourth-order valence-electron chi connectivity index (χ4n) is 3.46. The summed E-state index contributed by atoms with van der Waals surface area (Å²) in [5.41, 5.74) is -0.0962. The van der Waals surface area contributed by atoms with Crippen molar-refractivity contribution in [2.24, 2.45) is 5.92 Å². The summed E-state index contributed by atoms with van der Waals surface area (Å²) in [6.07, 6.45) is 10.8. The summed E-state index contributed by atoms with van der Waals surface area (Å²) in [5, 5.41) is 5.22. The number of nitrogens with one attached hydrogen (secondary N) is 2. The van der Waals surface area contributed by atoms with Crippen LogP contribution in [0.4, 0.5) is 4.79 Å². The van der Waals surface area contributed by atoms with Gasteiger partial charge >= 0.3 is 12.1 Å². The molecule has 200 valence electrons. The van der Waals surface area contributed by atoms with Gasteiger partial charge in [-0.15, -0.1) is 6.42 Å². The number of ether oxygens (including phenoxy) is 2. The van der Waals surface area contributed by atoms with Gasteiger partial charge in [-0.25, -0.2) is 4.79 Å². The maximum absolute atomic E-state index is 13.7. The first kappa shape index (κ1) is 31.1. The van der Waals surface area contributed by atoms with Crippen molar-refractivity contribution in [1.82, 2.24) is 15.5 Å². The summed E-state index contributed by atoms with van der Waals surface area (Å²) >= 11 is 0. The summed E-state index contributed by atoms with van der Waals surface area (Å²) in [5.74, 6) is 0.707. The molecule has 0 aromatic heterocycles. The Hall–Kier alpha value is -3.98. The molecule has 0 saturated heterocycles. The molecule has 9 nitrogen and oxygen atoms in total. The van der Waals surface area contributed by atoms with Crippen LogP contribution in [0.2, 0.25) is 0 Å². The molecule has 1 aromatic carbocycles. The van der Waals surface area contributed by atoms with Crippen molar-refractivity contribution in [3.8, 4) is 24.8 Å². The highest BCUT2D eigenvalue weighted by molar-refractivity contribution is 5.93. The topological polar surface area (TPSA) is 114 Å². The van der Waals surface area contributed by atoms with Crippen LogP contribution in [0.15, 0.2) is 24.3 Å². The molecule has 2 N–H and O–H groups in total. The summed E-state index contributed by atoms with van der Waals surface area (Å²) in [6, 6.07) is 6.49. The van der Waals surface area contributed by atoms with Crippen LogP contribution in [0.25, 0.3) is 0 Å². The van der Waals surface area contributed by atoms with E-state index in [1.165, 1.54) is 0 Å². The molecule has 0 radical (unpaired) electrons. The Kier molecular flexibility index (Phi) is 12.2. The number of terminal acetylenes is 2. The first-order valence-corrected chi connectivity index (χ1v) is 12.1. The van der Waals surface area contributed by atoms with Gasteiger partial charge in [0.15, 0.2) is 0 Å². The number of nitrogens with zero attached hydrogens (tertiary/aromatic N) is 1. The Balaban J connectivity index is 3.38. The highest BCUT2D eigenvalue weighted by Gasteiger charge is 2.37. The van der Waals surface area contributed by atoms with E-state index in [4.69, 9.17) is 22.3 Å². The lowest BCUT2D eigenvalue weighted by molar-refractivity contribution is -0.143. The van der Waals surface area contributed by atoms with Crippen LogP contribution < -0.4 is 10.6 Å². The third kappa shape index (κ3) is 10.3. The molecule has 9 heteroatoms. The molecule has 0 aliphatic rings. The molecule has 3 amide bonds. The van der Waals surface area contributed by atoms with E-state index in [0.717, 1.165) is 4.90 Å². The smallest absolute Gasteiger partial charge is 0.408 e. The van der Waals surface area contributed by atoms with Crippen molar-refractivity contribution >= 4 is 23.9 Å². The van der Waals surface area contributed by atoms with Crippen molar-refractivity contribution in [3.63, 3.8) is 0 Å². The quantitative estimate of drug-likeness (QED) is 0.268. The van der Waals surface area contributed by atoms with E-state index < -0.39 is 41.6 Å². The zero-order chi connectivity index (χ0) is 28.2. The predicted molar refractivity (Wildman–Crippen MR) is 140 cm³/mol. The van der Waals surface area contributed by atoms with Gasteiger partial charge in [0.25, 0.3) is 5.91 Å². The standard InChI is InChI=1S/C28H37N3O6/c1-9-20-14-12-13-15-21(20)24(25(33)29-17-16-23(32)36-11-3)31(10-2)26(34)22(18-19(4)5)30-27(35)37-28(6,7)8/h1-2,12-15,19,22,24H,11,16-18H2,3-8H3,(H,29,33)(H,30,35). The average Bonchev–Trinajstić information content (AvgIpc) is 2.80. The van der Waals surface area contributed by atoms with Crippen LogP contribution in [0.5, 0.6) is 0 Å². The second-order valence-electron chi connectivity index (χ2n) is 9.65. The molecule has 0 saturated carbocycles. The van der Waals surface area contributed by atoms with Gasteiger partial charge < -0.3 is 20.1 Å². The van der Waals surface area contributed by atoms with Gasteiger partial charge in [0.05, 0.1) is 13.0 Å². The summed E-state index contributed by atoms with van der Waals surface area (Å²) in [6.45, 7) is 10.7. The number of esters is 1. The minimum absolute atomic E-state index is 0.00152. The second-order valence-corrected chi connectivity index (χ2v) is 9.65. The number of carbonyl (C=O) groups is 4. The van der Waals surface area contributed by atoms with Crippen molar-refractivity contribution in [1.29, 1.82) is 0 Å². The van der Waals surface area contributed by atoms with Gasteiger partial charge in [0, 0.05) is 23.7 Å². The first-order chi connectivity index (χ1) is 17.3. The number of amides is 3. The van der Waals surface area contributed by atoms with Crippen molar-refractivity contribution in [3.05, 3.63) is 35.4 Å². The number of carbonyl (C=O) groups excluding carboxylic acids is 4. The van der Waals surface area contributed by atoms with Gasteiger partial charge in [-0.05, 0) is 46.1 Å². The zero-order valence-electron chi connectivity index (χ0n) is 22.4. The summed E-state index contributed by atoms with van der Waals surface area (Å²) in [7, 11) is 0. The van der Waals surface area contributed by atoms with E-state index in [1.807, 2.05) is 13.8 Å². The minimum atomic E-state index is -1.32. The van der Waals surface area contributed by atoms with Gasteiger partial charge in [0.2, 0.25) is 5.91 Å². The normalized spacial score (nSPS) is 12.4. The van der Waals surface area contributed by atoms with Crippen molar-refractivity contribution in [2.45, 2.75) is 72.1 Å². The molecule has 2 atom stereocenters. The van der Waals surface area contributed by atoms with E-state index in [9.17, 15) is 19.2 Å². The van der Waals surface area contributed by atoms with E-state index in [0.29, 0.717) is 11.1 Å². The molecule has 0 bridgehead atoms. The minimum Gasteiger partial charge on any atom is -0.466 e. The van der Waals surface area contributed by atoms with E-state index in [-0.39, 0.29) is 31.9 Å². The van der Waals surface area contributed by atoms with E-state index in [1.54, 1.807) is 52.0 Å². The fourth-order valence-corrected chi connectivity index (χ4v) is 3.46. The zero-order valence-corrected chi connectivity index (χ0v) is 22.4. The molecular formula is C28H37N3O6. The van der Waals surface area contributed by atoms with E-state index in [2.05, 4.69) is 22.6 Å². The predicted octanol–water partition coefficient (Wildman–Crippen LogP) is 3.14. The first-order valence-electron chi connectivity index (χ1n) is 12.1. The highest BCUT2D eigenvalue weighted by Crippen LogP contribution is 2.26.